The van der Waals surface area contributed by atoms with Crippen molar-refractivity contribution in [2.45, 2.75) is 43.4 Å². The van der Waals surface area contributed by atoms with E-state index in [1.807, 2.05) is 24.3 Å². The van der Waals surface area contributed by atoms with Crippen molar-refractivity contribution < 1.29 is 17.6 Å². The van der Waals surface area contributed by atoms with Crippen LogP contribution in [0.2, 0.25) is 0 Å². The Hall–Kier alpha value is -2.45. The zero-order valence-corrected chi connectivity index (χ0v) is 18.7. The summed E-state index contributed by atoms with van der Waals surface area (Å²) in [5, 5.41) is 2.99. The maximum Gasteiger partial charge on any atom is 0.242 e. The van der Waals surface area contributed by atoms with Crippen molar-refractivity contribution in [2.24, 2.45) is 0 Å². The summed E-state index contributed by atoms with van der Waals surface area (Å²) in [7, 11) is -2.25. The van der Waals surface area contributed by atoms with Crippen LogP contribution in [0.25, 0.3) is 0 Å². The minimum atomic E-state index is -3.71. The van der Waals surface area contributed by atoms with Crippen molar-refractivity contribution in [3.8, 4) is 0 Å². The maximum absolute atomic E-state index is 13.1. The number of hydrogen-bond acceptors (Lipinski definition) is 4. The molecule has 0 radical (unpaired) electrons. The van der Waals surface area contributed by atoms with Gasteiger partial charge in [0.15, 0.2) is 0 Å². The Morgan fingerprint density at radius 1 is 1.03 bits per heavy atom. The summed E-state index contributed by atoms with van der Waals surface area (Å²) in [6.45, 7) is 2.17. The summed E-state index contributed by atoms with van der Waals surface area (Å²) >= 11 is 0. The first-order valence-corrected chi connectivity index (χ1v) is 12.2. The third-order valence-corrected chi connectivity index (χ3v) is 7.39. The number of nitrogens with zero attached hydrogens (tertiary/aromatic N) is 2. The molecule has 0 spiro atoms. The average molecular weight is 448 g/mol. The standard InChI is InChI=1S/C23H30FN3O3S/c1-26(31(29,30)20-14-12-19(24)13-15-20)16-8-11-23(28)25-21-9-4-5-10-22(21)27-17-6-2-3-7-18-27/h4-5,9-10,12-15H,2-3,6-8,11,16-18H2,1H3,(H,25,28). The minimum Gasteiger partial charge on any atom is -0.370 e. The zero-order chi connectivity index (χ0) is 22.3. The van der Waals surface area contributed by atoms with Crippen molar-refractivity contribution >= 4 is 27.3 Å². The van der Waals surface area contributed by atoms with Gasteiger partial charge in [0.1, 0.15) is 5.82 Å². The molecule has 0 bridgehead atoms. The van der Waals surface area contributed by atoms with E-state index >= 15 is 0 Å². The average Bonchev–Trinajstić information content (AvgIpc) is 3.04. The summed E-state index contributed by atoms with van der Waals surface area (Å²) in [6, 6.07) is 12.5. The molecule has 2 aromatic carbocycles. The van der Waals surface area contributed by atoms with Gasteiger partial charge in [0, 0.05) is 33.1 Å². The van der Waals surface area contributed by atoms with Gasteiger partial charge >= 0.3 is 0 Å². The topological polar surface area (TPSA) is 69.7 Å². The summed E-state index contributed by atoms with van der Waals surface area (Å²) in [6.07, 6.45) is 5.36. The molecule has 1 aliphatic rings. The molecular formula is C23H30FN3O3S. The predicted molar refractivity (Wildman–Crippen MR) is 121 cm³/mol. The normalized spacial score (nSPS) is 15.0. The Bertz CT molecular complexity index is 972. The molecule has 6 nitrogen and oxygen atoms in total. The van der Waals surface area contributed by atoms with Crippen LogP contribution in [0.3, 0.4) is 0 Å². The molecule has 0 aliphatic carbocycles. The number of sulfonamides is 1. The number of hydrogen-bond donors (Lipinski definition) is 1. The number of rotatable bonds is 8. The fourth-order valence-electron chi connectivity index (χ4n) is 3.75. The van der Waals surface area contributed by atoms with E-state index in [1.54, 1.807) is 0 Å². The third-order valence-electron chi connectivity index (χ3n) is 5.52. The van der Waals surface area contributed by atoms with Gasteiger partial charge in [0.2, 0.25) is 15.9 Å². The summed E-state index contributed by atoms with van der Waals surface area (Å²) in [5.74, 6) is -0.631. The lowest BCUT2D eigenvalue weighted by molar-refractivity contribution is -0.116. The number of carbonyl (C=O) groups excluding carboxylic acids is 1. The highest BCUT2D eigenvalue weighted by Gasteiger charge is 2.21. The van der Waals surface area contributed by atoms with Gasteiger partial charge in [-0.15, -0.1) is 0 Å². The van der Waals surface area contributed by atoms with E-state index in [0.29, 0.717) is 6.42 Å². The second-order valence-electron chi connectivity index (χ2n) is 7.85. The van der Waals surface area contributed by atoms with E-state index in [-0.39, 0.29) is 23.8 Å². The molecule has 31 heavy (non-hydrogen) atoms. The van der Waals surface area contributed by atoms with Crippen molar-refractivity contribution in [1.29, 1.82) is 0 Å². The SMILES string of the molecule is CN(CCCC(=O)Nc1ccccc1N1CCCCCC1)S(=O)(=O)c1ccc(F)cc1. The van der Waals surface area contributed by atoms with Gasteiger partial charge in [-0.05, 0) is 55.7 Å². The molecule has 0 aromatic heterocycles. The van der Waals surface area contributed by atoms with Crippen LogP contribution in [0.15, 0.2) is 53.4 Å². The van der Waals surface area contributed by atoms with Crippen LogP contribution in [0.4, 0.5) is 15.8 Å². The molecule has 1 saturated heterocycles. The van der Waals surface area contributed by atoms with E-state index in [1.165, 1.54) is 36.3 Å². The highest BCUT2D eigenvalue weighted by atomic mass is 32.2. The van der Waals surface area contributed by atoms with E-state index in [4.69, 9.17) is 0 Å². The molecule has 1 heterocycles. The number of halogens is 1. The van der Waals surface area contributed by atoms with E-state index in [0.717, 1.165) is 49.4 Å². The fourth-order valence-corrected chi connectivity index (χ4v) is 4.96. The molecule has 0 unspecified atom stereocenters. The van der Waals surface area contributed by atoms with Crippen LogP contribution in [-0.2, 0) is 14.8 Å². The molecule has 0 atom stereocenters. The fraction of sp³-hybridized carbons (Fsp3) is 0.435. The summed E-state index contributed by atoms with van der Waals surface area (Å²) < 4.78 is 39.4. The largest absolute Gasteiger partial charge is 0.370 e. The smallest absolute Gasteiger partial charge is 0.242 e. The molecule has 3 rings (SSSR count). The van der Waals surface area contributed by atoms with Crippen LogP contribution in [0.1, 0.15) is 38.5 Å². The maximum atomic E-state index is 13.1. The Morgan fingerprint density at radius 3 is 2.35 bits per heavy atom. The van der Waals surface area contributed by atoms with Gasteiger partial charge in [0.25, 0.3) is 0 Å². The Kier molecular flexibility index (Phi) is 8.03. The van der Waals surface area contributed by atoms with Gasteiger partial charge in [-0.3, -0.25) is 4.79 Å². The number of benzene rings is 2. The monoisotopic (exact) mass is 447 g/mol. The molecule has 1 amide bonds. The third kappa shape index (κ3) is 6.27. The van der Waals surface area contributed by atoms with Gasteiger partial charge in [-0.1, -0.05) is 25.0 Å². The summed E-state index contributed by atoms with van der Waals surface area (Å²) in [5.41, 5.74) is 1.83. The van der Waals surface area contributed by atoms with Crippen LogP contribution < -0.4 is 10.2 Å². The Morgan fingerprint density at radius 2 is 1.68 bits per heavy atom. The minimum absolute atomic E-state index is 0.0345. The number of carbonyl (C=O) groups is 1. The lowest BCUT2D eigenvalue weighted by atomic mass is 10.2. The van der Waals surface area contributed by atoms with E-state index in [2.05, 4.69) is 10.2 Å². The molecule has 1 fully saturated rings. The lowest BCUT2D eigenvalue weighted by Crippen LogP contribution is -2.29. The first-order chi connectivity index (χ1) is 14.9. The molecular weight excluding hydrogens is 417 g/mol. The van der Waals surface area contributed by atoms with Crippen molar-refractivity contribution in [2.75, 3.05) is 36.9 Å². The van der Waals surface area contributed by atoms with Gasteiger partial charge in [-0.2, -0.15) is 0 Å². The van der Waals surface area contributed by atoms with Crippen molar-refractivity contribution in [3.63, 3.8) is 0 Å². The molecule has 1 aliphatic heterocycles. The molecule has 1 N–H and O–H groups in total. The van der Waals surface area contributed by atoms with Crippen molar-refractivity contribution in [1.82, 2.24) is 4.31 Å². The van der Waals surface area contributed by atoms with E-state index in [9.17, 15) is 17.6 Å². The summed E-state index contributed by atoms with van der Waals surface area (Å²) in [4.78, 5) is 14.9. The Labute approximate surface area is 184 Å². The number of anilines is 2. The lowest BCUT2D eigenvalue weighted by Gasteiger charge is -2.25. The van der Waals surface area contributed by atoms with Crippen LogP contribution >= 0.6 is 0 Å². The second kappa shape index (κ2) is 10.7. The van der Waals surface area contributed by atoms with Crippen LogP contribution in [-0.4, -0.2) is 45.3 Å². The molecule has 8 heteroatoms. The van der Waals surface area contributed by atoms with Gasteiger partial charge in [0.05, 0.1) is 16.3 Å². The first kappa shape index (κ1) is 23.2. The highest BCUT2D eigenvalue weighted by Crippen LogP contribution is 2.28. The zero-order valence-electron chi connectivity index (χ0n) is 17.9. The van der Waals surface area contributed by atoms with Gasteiger partial charge < -0.3 is 10.2 Å². The number of nitrogens with one attached hydrogen (secondary N) is 1. The van der Waals surface area contributed by atoms with Crippen LogP contribution in [0.5, 0.6) is 0 Å². The number of amides is 1. The molecule has 0 saturated carbocycles. The Balaban J connectivity index is 1.54. The highest BCUT2D eigenvalue weighted by molar-refractivity contribution is 7.89. The first-order valence-electron chi connectivity index (χ1n) is 10.7. The quantitative estimate of drug-likeness (QED) is 0.657. The van der Waals surface area contributed by atoms with Crippen molar-refractivity contribution in [3.05, 3.63) is 54.3 Å². The number of para-hydroxylation sites is 2. The van der Waals surface area contributed by atoms with E-state index < -0.39 is 15.8 Å². The molecule has 2 aromatic rings. The predicted octanol–water partition coefficient (Wildman–Crippen LogP) is 4.25. The van der Waals surface area contributed by atoms with Crippen LogP contribution in [0, 0.1) is 5.82 Å². The molecule has 168 valence electrons. The van der Waals surface area contributed by atoms with Gasteiger partial charge in [-0.25, -0.2) is 17.1 Å². The second-order valence-corrected chi connectivity index (χ2v) is 9.90.